The van der Waals surface area contributed by atoms with Crippen molar-refractivity contribution in [1.29, 1.82) is 0 Å². The molecule has 0 radical (unpaired) electrons. The number of hydrogen-bond acceptors (Lipinski definition) is 3. The van der Waals surface area contributed by atoms with Crippen molar-refractivity contribution in [3.8, 4) is 0 Å². The summed E-state index contributed by atoms with van der Waals surface area (Å²) in [5.74, 6) is -0.438. The molecule has 1 atom stereocenters. The normalized spacial score (nSPS) is 18.4. The zero-order valence-corrected chi connectivity index (χ0v) is 16.8. The van der Waals surface area contributed by atoms with E-state index in [0.717, 1.165) is 16.8 Å². The molecule has 4 rings (SSSR count). The maximum absolute atomic E-state index is 13.4. The molecular formula is C23H24N4O2. The first-order chi connectivity index (χ1) is 13.9. The van der Waals surface area contributed by atoms with Crippen molar-refractivity contribution < 1.29 is 9.59 Å². The smallest absolute Gasteiger partial charge is 0.277 e. The summed E-state index contributed by atoms with van der Waals surface area (Å²) in [4.78, 5) is 28.4. The van der Waals surface area contributed by atoms with E-state index in [-0.39, 0.29) is 18.4 Å². The van der Waals surface area contributed by atoms with E-state index in [1.54, 1.807) is 22.6 Å². The van der Waals surface area contributed by atoms with Crippen molar-refractivity contribution >= 4 is 17.5 Å². The summed E-state index contributed by atoms with van der Waals surface area (Å²) < 4.78 is 1.64. The van der Waals surface area contributed by atoms with Crippen LogP contribution in [0.25, 0.3) is 0 Å². The van der Waals surface area contributed by atoms with Gasteiger partial charge in [-0.3, -0.25) is 19.2 Å². The topological polar surface area (TPSA) is 67.2 Å². The van der Waals surface area contributed by atoms with Gasteiger partial charge in [0.1, 0.15) is 11.2 Å². The highest BCUT2D eigenvalue weighted by molar-refractivity contribution is 6.11. The van der Waals surface area contributed by atoms with Crippen LogP contribution in [0.3, 0.4) is 0 Å². The molecule has 29 heavy (non-hydrogen) atoms. The number of rotatable bonds is 4. The number of aromatic nitrogens is 2. The van der Waals surface area contributed by atoms with Crippen molar-refractivity contribution in [2.75, 3.05) is 4.90 Å². The highest BCUT2D eigenvalue weighted by atomic mass is 16.2. The summed E-state index contributed by atoms with van der Waals surface area (Å²) in [5, 5.41) is 7.43. The Hall–Kier alpha value is -3.41. The Balaban J connectivity index is 1.71. The summed E-state index contributed by atoms with van der Waals surface area (Å²) in [6.45, 7) is 6.32. The molecule has 0 saturated carbocycles. The molecule has 0 fully saturated rings. The molecular weight excluding hydrogens is 364 g/mol. The quantitative estimate of drug-likeness (QED) is 0.746. The first-order valence-electron chi connectivity index (χ1n) is 9.66. The van der Waals surface area contributed by atoms with Gasteiger partial charge in [-0.25, -0.2) is 0 Å². The molecule has 0 bridgehead atoms. The van der Waals surface area contributed by atoms with Crippen LogP contribution in [0.5, 0.6) is 0 Å². The molecule has 6 heteroatoms. The van der Waals surface area contributed by atoms with E-state index in [1.807, 2.05) is 68.4 Å². The molecule has 1 aromatic heterocycles. The second-order valence-electron chi connectivity index (χ2n) is 7.75. The summed E-state index contributed by atoms with van der Waals surface area (Å²) in [6.07, 6.45) is 0. The first kappa shape index (κ1) is 18.9. The number of benzene rings is 2. The van der Waals surface area contributed by atoms with Crippen molar-refractivity contribution in [2.45, 2.75) is 39.4 Å². The Kier molecular flexibility index (Phi) is 4.70. The zero-order valence-electron chi connectivity index (χ0n) is 16.8. The molecule has 2 aromatic carbocycles. The molecule has 1 aliphatic rings. The molecule has 2 heterocycles. The molecule has 0 saturated heterocycles. The summed E-state index contributed by atoms with van der Waals surface area (Å²) >= 11 is 0. The lowest BCUT2D eigenvalue weighted by atomic mass is 9.93. The van der Waals surface area contributed by atoms with Crippen molar-refractivity contribution in [1.82, 2.24) is 15.1 Å². The van der Waals surface area contributed by atoms with Gasteiger partial charge in [-0.05, 0) is 44.5 Å². The van der Waals surface area contributed by atoms with Gasteiger partial charge in [-0.15, -0.1) is 0 Å². The molecule has 148 valence electrons. The fraction of sp³-hybridized carbons (Fsp3) is 0.261. The van der Waals surface area contributed by atoms with Crippen molar-refractivity contribution in [3.63, 3.8) is 0 Å². The molecule has 3 aromatic rings. The third kappa shape index (κ3) is 3.42. The number of amides is 2. The van der Waals surface area contributed by atoms with Crippen molar-refractivity contribution in [2.24, 2.45) is 0 Å². The Morgan fingerprint density at radius 3 is 2.48 bits per heavy atom. The number of hydrogen-bond donors (Lipinski definition) is 1. The number of aryl methyl sites for hydroxylation is 2. The number of fused-ring (bicyclic) bond motifs is 1. The summed E-state index contributed by atoms with van der Waals surface area (Å²) in [5.41, 5.74) is 2.94. The van der Waals surface area contributed by atoms with E-state index in [2.05, 4.69) is 10.4 Å². The van der Waals surface area contributed by atoms with Crippen LogP contribution in [-0.4, -0.2) is 27.1 Å². The number of carbonyl (C=O) groups excluding carboxylic acids is 2. The minimum Gasteiger partial charge on any atom is -0.350 e. The SMILES string of the molecule is Cc1ccc(N2C(=O)c3cc(C)nn3CC2(C)C(=O)NCc2ccccc2)cc1. The maximum atomic E-state index is 13.4. The molecule has 2 amide bonds. The van der Waals surface area contributed by atoms with E-state index in [9.17, 15) is 9.59 Å². The first-order valence-corrected chi connectivity index (χ1v) is 9.66. The maximum Gasteiger partial charge on any atom is 0.277 e. The van der Waals surface area contributed by atoms with Crippen LogP contribution in [-0.2, 0) is 17.9 Å². The van der Waals surface area contributed by atoms with E-state index in [4.69, 9.17) is 0 Å². The van der Waals surface area contributed by atoms with Gasteiger partial charge < -0.3 is 5.32 Å². The predicted molar refractivity (Wildman–Crippen MR) is 112 cm³/mol. The highest BCUT2D eigenvalue weighted by Gasteiger charge is 2.48. The zero-order chi connectivity index (χ0) is 20.6. The second kappa shape index (κ2) is 7.20. The van der Waals surface area contributed by atoms with Gasteiger partial charge in [0.15, 0.2) is 0 Å². The number of nitrogens with zero attached hydrogens (tertiary/aromatic N) is 3. The van der Waals surface area contributed by atoms with E-state index in [0.29, 0.717) is 17.9 Å². The van der Waals surface area contributed by atoms with E-state index >= 15 is 0 Å². The molecule has 1 unspecified atom stereocenters. The predicted octanol–water partition coefficient (Wildman–Crippen LogP) is 3.24. The summed E-state index contributed by atoms with van der Waals surface area (Å²) in [7, 11) is 0. The van der Waals surface area contributed by atoms with Gasteiger partial charge in [-0.2, -0.15) is 5.10 Å². The van der Waals surface area contributed by atoms with Gasteiger partial charge in [0.05, 0.1) is 12.2 Å². The number of anilines is 1. The molecule has 6 nitrogen and oxygen atoms in total. The monoisotopic (exact) mass is 388 g/mol. The van der Waals surface area contributed by atoms with Crippen LogP contribution in [0.1, 0.15) is 34.2 Å². The van der Waals surface area contributed by atoms with Gasteiger partial charge in [0.25, 0.3) is 5.91 Å². The fourth-order valence-corrected chi connectivity index (χ4v) is 3.78. The number of nitrogens with one attached hydrogen (secondary N) is 1. The van der Waals surface area contributed by atoms with Crippen LogP contribution < -0.4 is 10.2 Å². The Bertz CT molecular complexity index is 1060. The van der Waals surface area contributed by atoms with Gasteiger partial charge in [0.2, 0.25) is 5.91 Å². The molecule has 1 N–H and O–H groups in total. The van der Waals surface area contributed by atoms with Crippen LogP contribution in [0, 0.1) is 13.8 Å². The molecule has 1 aliphatic heterocycles. The lowest BCUT2D eigenvalue weighted by Gasteiger charge is -2.43. The van der Waals surface area contributed by atoms with Crippen LogP contribution >= 0.6 is 0 Å². The fourth-order valence-electron chi connectivity index (χ4n) is 3.78. The second-order valence-corrected chi connectivity index (χ2v) is 7.75. The van der Waals surface area contributed by atoms with Crippen molar-refractivity contribution in [3.05, 3.63) is 83.2 Å². The van der Waals surface area contributed by atoms with E-state index in [1.165, 1.54) is 0 Å². The van der Waals surface area contributed by atoms with Crippen LogP contribution in [0.4, 0.5) is 5.69 Å². The lowest BCUT2D eigenvalue weighted by molar-refractivity contribution is -0.126. The standard InChI is InChI=1S/C23H24N4O2/c1-16-9-11-19(12-10-16)27-21(28)20-13-17(2)25-26(20)15-23(27,3)22(29)24-14-18-7-5-4-6-8-18/h4-13H,14-15H2,1-3H3,(H,24,29). The van der Waals surface area contributed by atoms with Gasteiger partial charge in [0, 0.05) is 12.2 Å². The van der Waals surface area contributed by atoms with Crippen LogP contribution in [0.15, 0.2) is 60.7 Å². The average Bonchev–Trinajstić information content (AvgIpc) is 3.08. The largest absolute Gasteiger partial charge is 0.350 e. The molecule has 0 aliphatic carbocycles. The van der Waals surface area contributed by atoms with Gasteiger partial charge in [-0.1, -0.05) is 48.0 Å². The van der Waals surface area contributed by atoms with Gasteiger partial charge >= 0.3 is 0 Å². The highest BCUT2D eigenvalue weighted by Crippen LogP contribution is 2.33. The minimum absolute atomic E-state index is 0.214. The lowest BCUT2D eigenvalue weighted by Crippen LogP contribution is -2.64. The minimum atomic E-state index is -1.10. The van der Waals surface area contributed by atoms with E-state index < -0.39 is 5.54 Å². The Morgan fingerprint density at radius 1 is 1.10 bits per heavy atom. The Labute approximate surface area is 170 Å². The number of carbonyl (C=O) groups is 2. The third-order valence-electron chi connectivity index (χ3n) is 5.35. The Morgan fingerprint density at radius 2 is 1.79 bits per heavy atom. The van der Waals surface area contributed by atoms with Crippen LogP contribution in [0.2, 0.25) is 0 Å². The third-order valence-corrected chi connectivity index (χ3v) is 5.35. The average molecular weight is 388 g/mol. The molecule has 0 spiro atoms. The summed E-state index contributed by atoms with van der Waals surface area (Å²) in [6, 6.07) is 19.2.